The lowest BCUT2D eigenvalue weighted by Gasteiger charge is -2.11. The number of nitrogens with zero attached hydrogens (tertiary/aromatic N) is 2. The highest BCUT2D eigenvalue weighted by atomic mass is 19.1. The van der Waals surface area contributed by atoms with Crippen molar-refractivity contribution in [2.24, 2.45) is 7.05 Å². The Morgan fingerprint density at radius 3 is 2.57 bits per heavy atom. The highest BCUT2D eigenvalue weighted by Gasteiger charge is 2.16. The topological polar surface area (TPSA) is 38.1 Å². The summed E-state index contributed by atoms with van der Waals surface area (Å²) in [5.74, 6) is -0.261. The average Bonchev–Trinajstić information content (AvgIpc) is 3.07. The van der Waals surface area contributed by atoms with Crippen molar-refractivity contribution in [3.63, 3.8) is 0 Å². The summed E-state index contributed by atoms with van der Waals surface area (Å²) >= 11 is 0. The number of aliphatic hydroxyl groups excluding tert-OH is 1. The molecule has 30 heavy (non-hydrogen) atoms. The fourth-order valence-corrected chi connectivity index (χ4v) is 4.06. The van der Waals surface area contributed by atoms with E-state index in [1.165, 1.54) is 5.56 Å². The number of aliphatic hydroxyl groups is 1. The molecule has 4 aromatic rings. The van der Waals surface area contributed by atoms with E-state index in [2.05, 4.69) is 23.3 Å². The van der Waals surface area contributed by atoms with Gasteiger partial charge in [-0.2, -0.15) is 5.10 Å². The lowest BCUT2D eigenvalue weighted by molar-refractivity contribution is 0.283. The van der Waals surface area contributed by atoms with E-state index in [4.69, 9.17) is 5.11 Å². The molecule has 1 aromatic heterocycles. The molecule has 1 heterocycles. The van der Waals surface area contributed by atoms with Crippen LogP contribution >= 0.6 is 0 Å². The third-order valence-corrected chi connectivity index (χ3v) is 5.66. The zero-order valence-corrected chi connectivity index (χ0v) is 17.5. The van der Waals surface area contributed by atoms with Gasteiger partial charge in [0.2, 0.25) is 0 Å². The van der Waals surface area contributed by atoms with E-state index in [9.17, 15) is 0 Å². The van der Waals surface area contributed by atoms with Crippen LogP contribution in [0.3, 0.4) is 0 Å². The first-order valence-corrected chi connectivity index (χ1v) is 10.5. The molecule has 0 amide bonds. The normalized spacial score (nSPS) is 11.3. The van der Waals surface area contributed by atoms with Gasteiger partial charge in [-0.25, -0.2) is 4.39 Å². The van der Waals surface area contributed by atoms with Crippen molar-refractivity contribution in [3.8, 4) is 22.4 Å². The fraction of sp³-hybridized carbons (Fsp3) is 0.269. The Morgan fingerprint density at radius 2 is 1.77 bits per heavy atom. The van der Waals surface area contributed by atoms with Gasteiger partial charge in [-0.1, -0.05) is 48.9 Å². The lowest BCUT2D eigenvalue weighted by atomic mass is 9.94. The summed E-state index contributed by atoms with van der Waals surface area (Å²) in [4.78, 5) is 0. The number of hydrogen-bond acceptors (Lipinski definition) is 2. The first kappa shape index (κ1) is 20.3. The van der Waals surface area contributed by atoms with Crippen LogP contribution in [0.25, 0.3) is 33.3 Å². The predicted octanol–water partition coefficient (Wildman–Crippen LogP) is 6.06. The number of hydrogen-bond donors (Lipinski definition) is 1. The summed E-state index contributed by atoms with van der Waals surface area (Å²) < 4.78 is 17.1. The van der Waals surface area contributed by atoms with E-state index in [1.807, 2.05) is 55.1 Å². The smallest absolute Gasteiger partial charge is 0.133 e. The number of aromatic nitrogens is 2. The lowest BCUT2D eigenvalue weighted by Crippen LogP contribution is -1.94. The minimum atomic E-state index is -0.261. The van der Waals surface area contributed by atoms with Gasteiger partial charge in [-0.15, -0.1) is 0 Å². The molecule has 0 unspecified atom stereocenters. The summed E-state index contributed by atoms with van der Waals surface area (Å²) in [6.45, 7) is 2.28. The molecule has 4 heteroatoms. The van der Waals surface area contributed by atoms with E-state index >= 15 is 4.39 Å². The van der Waals surface area contributed by atoms with Crippen LogP contribution in [0.5, 0.6) is 0 Å². The number of aryl methyl sites for hydroxylation is 3. The minimum absolute atomic E-state index is 0.232. The molecule has 0 bridgehead atoms. The summed E-state index contributed by atoms with van der Waals surface area (Å²) in [5.41, 5.74) is 6.51. The molecule has 0 radical (unpaired) electrons. The molecular formula is C26H27FN2O. The summed E-state index contributed by atoms with van der Waals surface area (Å²) in [5, 5.41) is 14.5. The van der Waals surface area contributed by atoms with Gasteiger partial charge in [-0.3, -0.25) is 4.68 Å². The average molecular weight is 403 g/mol. The summed E-state index contributed by atoms with van der Waals surface area (Å²) in [6, 6.07) is 19.7. The summed E-state index contributed by atoms with van der Waals surface area (Å²) in [7, 11) is 1.89. The maximum absolute atomic E-state index is 15.2. The second kappa shape index (κ2) is 8.80. The van der Waals surface area contributed by atoms with Gasteiger partial charge in [0, 0.05) is 24.6 Å². The number of halogens is 1. The van der Waals surface area contributed by atoms with Crippen LogP contribution in [0.1, 0.15) is 30.4 Å². The first-order chi connectivity index (χ1) is 14.6. The van der Waals surface area contributed by atoms with Crippen LogP contribution in [0.2, 0.25) is 0 Å². The first-order valence-electron chi connectivity index (χ1n) is 10.5. The quantitative estimate of drug-likeness (QED) is 0.382. The highest BCUT2D eigenvalue weighted by molar-refractivity contribution is 5.94. The van der Waals surface area contributed by atoms with Crippen molar-refractivity contribution in [2.45, 2.75) is 32.6 Å². The maximum atomic E-state index is 15.2. The van der Waals surface area contributed by atoms with Crippen molar-refractivity contribution in [1.82, 2.24) is 9.78 Å². The van der Waals surface area contributed by atoms with Crippen molar-refractivity contribution < 1.29 is 9.50 Å². The molecule has 0 aliphatic carbocycles. The van der Waals surface area contributed by atoms with Gasteiger partial charge in [0.05, 0.1) is 5.52 Å². The van der Waals surface area contributed by atoms with Crippen LogP contribution in [-0.4, -0.2) is 21.5 Å². The zero-order chi connectivity index (χ0) is 21.1. The van der Waals surface area contributed by atoms with Gasteiger partial charge < -0.3 is 5.11 Å². The second-order valence-corrected chi connectivity index (χ2v) is 7.88. The molecule has 154 valence electrons. The van der Waals surface area contributed by atoms with Crippen molar-refractivity contribution in [1.29, 1.82) is 0 Å². The molecule has 0 atom stereocenters. The van der Waals surface area contributed by atoms with Gasteiger partial charge in [0.15, 0.2) is 0 Å². The molecule has 0 aliphatic heterocycles. The molecule has 0 aliphatic rings. The van der Waals surface area contributed by atoms with Crippen molar-refractivity contribution >= 4 is 10.9 Å². The molecule has 4 rings (SSSR count). The van der Waals surface area contributed by atoms with E-state index in [1.54, 1.807) is 6.07 Å². The largest absolute Gasteiger partial charge is 0.396 e. The van der Waals surface area contributed by atoms with Gasteiger partial charge in [0.25, 0.3) is 0 Å². The Morgan fingerprint density at radius 1 is 0.933 bits per heavy atom. The monoisotopic (exact) mass is 402 g/mol. The van der Waals surface area contributed by atoms with E-state index in [0.29, 0.717) is 11.3 Å². The Labute approximate surface area is 176 Å². The molecule has 3 nitrogen and oxygen atoms in total. The van der Waals surface area contributed by atoms with Gasteiger partial charge in [-0.05, 0) is 66.6 Å². The molecule has 0 saturated carbocycles. The number of fused-ring (bicyclic) bond motifs is 1. The van der Waals surface area contributed by atoms with E-state index in [0.717, 1.165) is 53.3 Å². The molecule has 3 aromatic carbocycles. The number of benzene rings is 3. The fourth-order valence-electron chi connectivity index (χ4n) is 4.06. The molecule has 0 fully saturated rings. The SMILES string of the molecule is Cc1ccc2c(-c3ccc(-c4ccccc4CCCCCO)cc3F)nn(C)c2c1. The molecule has 0 spiro atoms. The predicted molar refractivity (Wildman–Crippen MR) is 121 cm³/mol. The van der Waals surface area contributed by atoms with E-state index in [-0.39, 0.29) is 12.4 Å². The highest BCUT2D eigenvalue weighted by Crippen LogP contribution is 2.33. The third-order valence-electron chi connectivity index (χ3n) is 5.66. The Bertz CT molecular complexity index is 1180. The van der Waals surface area contributed by atoms with Gasteiger partial charge >= 0.3 is 0 Å². The van der Waals surface area contributed by atoms with Crippen LogP contribution < -0.4 is 0 Å². The van der Waals surface area contributed by atoms with Crippen molar-refractivity contribution in [3.05, 3.63) is 77.6 Å². The van der Waals surface area contributed by atoms with Crippen molar-refractivity contribution in [2.75, 3.05) is 6.61 Å². The molecule has 1 N–H and O–H groups in total. The standard InChI is InChI=1S/C26H27FN2O/c1-18-11-13-23-25(16-18)29(2)28-26(23)22-14-12-20(17-24(22)27)21-10-6-5-9-19(21)8-4-3-7-15-30/h5-6,9-14,16-17,30H,3-4,7-8,15H2,1-2H3. The van der Waals surface area contributed by atoms with Crippen LogP contribution in [0, 0.1) is 12.7 Å². The minimum Gasteiger partial charge on any atom is -0.396 e. The summed E-state index contributed by atoms with van der Waals surface area (Å²) in [6.07, 6.45) is 3.74. The van der Waals surface area contributed by atoms with Crippen LogP contribution in [-0.2, 0) is 13.5 Å². The molecular weight excluding hydrogens is 375 g/mol. The Hall–Kier alpha value is -2.98. The number of rotatable bonds is 7. The third kappa shape index (κ3) is 4.01. The van der Waals surface area contributed by atoms with Crippen LogP contribution in [0.4, 0.5) is 4.39 Å². The molecule has 0 saturated heterocycles. The maximum Gasteiger partial charge on any atom is 0.133 e. The Balaban J connectivity index is 1.69. The van der Waals surface area contributed by atoms with E-state index < -0.39 is 0 Å². The van der Waals surface area contributed by atoms with Gasteiger partial charge in [0.1, 0.15) is 11.5 Å². The number of unbranched alkanes of at least 4 members (excludes halogenated alkanes) is 2. The zero-order valence-electron chi connectivity index (χ0n) is 17.5. The second-order valence-electron chi connectivity index (χ2n) is 7.88. The van der Waals surface area contributed by atoms with Crippen LogP contribution in [0.15, 0.2) is 60.7 Å². The Kier molecular flexibility index (Phi) is 5.96.